The second-order valence-corrected chi connectivity index (χ2v) is 5.95. The highest BCUT2D eigenvalue weighted by Crippen LogP contribution is 2.17. The first-order valence-corrected chi connectivity index (χ1v) is 6.21. The number of hydrogen-bond acceptors (Lipinski definition) is 1. The van der Waals surface area contributed by atoms with Gasteiger partial charge in [0.05, 0.1) is 21.1 Å². The van der Waals surface area contributed by atoms with Crippen molar-refractivity contribution >= 4 is 0 Å². The van der Waals surface area contributed by atoms with Crippen molar-refractivity contribution in [3.63, 3.8) is 0 Å². The van der Waals surface area contributed by atoms with Gasteiger partial charge in [0.2, 0.25) is 0 Å². The van der Waals surface area contributed by atoms with E-state index in [9.17, 15) is 5.11 Å². The number of likely N-dealkylation sites (N-methyl/N-ethyl adjacent to an activating group) is 1. The molecule has 1 N–H and O–H groups in total. The van der Waals surface area contributed by atoms with Crippen molar-refractivity contribution in [3.05, 3.63) is 0 Å². The molecule has 0 aromatic rings. The summed E-state index contributed by atoms with van der Waals surface area (Å²) >= 11 is 0. The summed E-state index contributed by atoms with van der Waals surface area (Å²) in [4.78, 5) is 0. The van der Waals surface area contributed by atoms with E-state index in [0.717, 1.165) is 6.42 Å². The van der Waals surface area contributed by atoms with Crippen molar-refractivity contribution < 1.29 is 33.6 Å². The molecule has 1 atom stereocenters. The van der Waals surface area contributed by atoms with E-state index < -0.39 is 5.60 Å². The van der Waals surface area contributed by atoms with Crippen molar-refractivity contribution in [1.29, 1.82) is 0 Å². The average Bonchev–Trinajstić information content (AvgIpc) is 2.06. The minimum atomic E-state index is -0.754. The number of rotatable bonds is 5. The highest BCUT2D eigenvalue weighted by Gasteiger charge is 2.36. The van der Waals surface area contributed by atoms with Crippen LogP contribution >= 0.6 is 0 Å². The van der Waals surface area contributed by atoms with Gasteiger partial charge in [0.25, 0.3) is 0 Å². The van der Waals surface area contributed by atoms with Crippen LogP contribution in [-0.2, 0) is 0 Å². The number of quaternary nitrogens is 1. The van der Waals surface area contributed by atoms with E-state index in [1.165, 1.54) is 19.3 Å². The Labute approximate surface area is 124 Å². The Morgan fingerprint density at radius 1 is 1.18 bits per heavy atom. The third-order valence-electron chi connectivity index (χ3n) is 2.59. The monoisotopic (exact) mass is 353 g/mol. The van der Waals surface area contributed by atoms with E-state index >= 15 is 0 Å². The molecule has 0 aliphatic carbocycles. The van der Waals surface area contributed by atoms with Gasteiger partial charge >= 0.3 is 0 Å². The molecule has 0 fully saturated rings. The summed E-state index contributed by atoms with van der Waals surface area (Å²) in [5.41, 5.74) is -0.754. The lowest BCUT2D eigenvalue weighted by Gasteiger charge is -2.37. The van der Waals surface area contributed by atoms with Crippen LogP contribution in [0.15, 0.2) is 0 Å². The van der Waals surface area contributed by atoms with E-state index in [2.05, 4.69) is 39.9 Å². The lowest BCUT2D eigenvalue weighted by molar-refractivity contribution is -0.894. The highest BCUT2D eigenvalue weighted by atomic mass is 127. The molecule has 0 aliphatic heterocycles. The number of hydrogen-bond donors (Lipinski definition) is 1. The summed E-state index contributed by atoms with van der Waals surface area (Å²) < 4.78 is 0.671. The van der Waals surface area contributed by atoms with E-state index in [-0.39, 0.29) is 30.0 Å². The zero-order chi connectivity index (χ0) is 12.8. The van der Waals surface area contributed by atoms with Gasteiger partial charge in [-0.2, -0.15) is 0 Å². The van der Waals surface area contributed by atoms with Gasteiger partial charge in [0.15, 0.2) is 6.04 Å². The fourth-order valence-electron chi connectivity index (χ4n) is 1.95. The molecular formula is C14H28INO. The molecule has 0 saturated heterocycles. The molecule has 0 aromatic carbocycles. The predicted molar refractivity (Wildman–Crippen MR) is 70.0 cm³/mol. The Morgan fingerprint density at radius 2 is 1.71 bits per heavy atom. The van der Waals surface area contributed by atoms with E-state index in [4.69, 9.17) is 0 Å². The molecule has 0 saturated carbocycles. The summed E-state index contributed by atoms with van der Waals surface area (Å²) in [6, 6.07) is -0.0332. The molecule has 0 spiro atoms. The van der Waals surface area contributed by atoms with Crippen LogP contribution in [0, 0.1) is 11.8 Å². The summed E-state index contributed by atoms with van der Waals surface area (Å²) in [5.74, 6) is 6.44. The zero-order valence-corrected chi connectivity index (χ0v) is 14.3. The van der Waals surface area contributed by atoms with Gasteiger partial charge in [-0.25, -0.2) is 0 Å². The highest BCUT2D eigenvalue weighted by molar-refractivity contribution is 5.10. The Bertz CT molecular complexity index is 238. The molecule has 0 rings (SSSR count). The molecule has 0 bridgehead atoms. The first-order chi connectivity index (χ1) is 7.19. The van der Waals surface area contributed by atoms with Crippen molar-refractivity contribution in [2.24, 2.45) is 0 Å². The lowest BCUT2D eigenvalue weighted by Crippen LogP contribution is -3.00. The Morgan fingerprint density at radius 3 is 2.06 bits per heavy atom. The topological polar surface area (TPSA) is 20.2 Å². The summed E-state index contributed by atoms with van der Waals surface area (Å²) in [6.07, 6.45) is 4.58. The molecule has 0 aromatic heterocycles. The maximum absolute atomic E-state index is 10.1. The average molecular weight is 353 g/mol. The number of aliphatic hydroxyl groups is 1. The minimum absolute atomic E-state index is 0. The van der Waals surface area contributed by atoms with Crippen LogP contribution in [0.3, 0.4) is 0 Å². The SMILES string of the molecule is CCCCCC#CC(C(C)(C)O)[N+](C)(C)C.[I-]. The standard InChI is InChI=1S/C14H28NO.HI/c1-7-8-9-10-11-12-13(14(2,3)16)15(4,5)6;/h13,16H,7-10H2,1-6H3;1H/q+1;/p-1. The third kappa shape index (κ3) is 8.87. The normalized spacial score (nSPS) is 13.4. The minimum Gasteiger partial charge on any atom is -1.00 e. The van der Waals surface area contributed by atoms with Crippen LogP contribution in [0.5, 0.6) is 0 Å². The van der Waals surface area contributed by atoms with Crippen molar-refractivity contribution in [2.75, 3.05) is 21.1 Å². The lowest BCUT2D eigenvalue weighted by atomic mass is 9.96. The van der Waals surface area contributed by atoms with E-state index in [1.54, 1.807) is 0 Å². The summed E-state index contributed by atoms with van der Waals surface area (Å²) in [5, 5.41) is 10.1. The van der Waals surface area contributed by atoms with Crippen LogP contribution in [0.1, 0.15) is 46.5 Å². The molecule has 0 heterocycles. The zero-order valence-electron chi connectivity index (χ0n) is 12.2. The Hall–Kier alpha value is 0.210. The summed E-state index contributed by atoms with van der Waals surface area (Å²) in [6.45, 7) is 5.86. The molecule has 1 unspecified atom stereocenters. The van der Waals surface area contributed by atoms with Crippen molar-refractivity contribution in [3.8, 4) is 11.8 Å². The Kier molecular flexibility index (Phi) is 9.59. The second kappa shape index (κ2) is 8.34. The Balaban J connectivity index is 0. The largest absolute Gasteiger partial charge is 1.00 e. The van der Waals surface area contributed by atoms with Gasteiger partial charge in [-0.3, -0.25) is 0 Å². The molecule has 2 nitrogen and oxygen atoms in total. The molecule has 0 aliphatic rings. The van der Waals surface area contributed by atoms with E-state index in [1.807, 2.05) is 13.8 Å². The first-order valence-electron chi connectivity index (χ1n) is 6.21. The predicted octanol–water partition coefficient (Wildman–Crippen LogP) is -0.580. The van der Waals surface area contributed by atoms with Crippen molar-refractivity contribution in [1.82, 2.24) is 0 Å². The van der Waals surface area contributed by atoms with Crippen LogP contribution in [0.25, 0.3) is 0 Å². The number of halogens is 1. The molecule has 102 valence electrons. The van der Waals surface area contributed by atoms with Gasteiger partial charge < -0.3 is 33.6 Å². The molecule has 0 amide bonds. The van der Waals surface area contributed by atoms with Crippen LogP contribution in [-0.4, -0.2) is 42.4 Å². The smallest absolute Gasteiger partial charge is 0.178 e. The molecular weight excluding hydrogens is 325 g/mol. The van der Waals surface area contributed by atoms with E-state index in [0.29, 0.717) is 4.48 Å². The second-order valence-electron chi connectivity index (χ2n) is 5.95. The van der Waals surface area contributed by atoms with Gasteiger partial charge in [-0.1, -0.05) is 25.7 Å². The van der Waals surface area contributed by atoms with Crippen LogP contribution < -0.4 is 24.0 Å². The van der Waals surface area contributed by atoms with Gasteiger partial charge in [-0.05, 0) is 26.2 Å². The fraction of sp³-hybridized carbons (Fsp3) is 0.857. The molecule has 0 radical (unpaired) electrons. The third-order valence-corrected chi connectivity index (χ3v) is 2.59. The summed E-state index contributed by atoms with van der Waals surface area (Å²) in [7, 11) is 6.22. The first kappa shape index (κ1) is 19.5. The van der Waals surface area contributed by atoms with Gasteiger partial charge in [0.1, 0.15) is 5.60 Å². The van der Waals surface area contributed by atoms with Gasteiger partial charge in [0, 0.05) is 6.42 Å². The van der Waals surface area contributed by atoms with Crippen molar-refractivity contribution in [2.45, 2.75) is 58.1 Å². The van der Waals surface area contributed by atoms with Crippen LogP contribution in [0.4, 0.5) is 0 Å². The fourth-order valence-corrected chi connectivity index (χ4v) is 1.95. The molecule has 17 heavy (non-hydrogen) atoms. The number of unbranched alkanes of at least 4 members (excludes halogenated alkanes) is 3. The maximum atomic E-state index is 10.1. The quantitative estimate of drug-likeness (QED) is 0.304. The van der Waals surface area contributed by atoms with Gasteiger partial charge in [-0.15, -0.1) is 0 Å². The number of nitrogens with zero attached hydrogens (tertiary/aromatic N) is 1. The maximum Gasteiger partial charge on any atom is 0.178 e. The van der Waals surface area contributed by atoms with Crippen LogP contribution in [0.2, 0.25) is 0 Å². The molecule has 3 heteroatoms.